The van der Waals surface area contributed by atoms with Gasteiger partial charge in [-0.05, 0) is 25.0 Å². The predicted molar refractivity (Wildman–Crippen MR) is 80.7 cm³/mol. The minimum absolute atomic E-state index is 0.00581. The van der Waals surface area contributed by atoms with Crippen LogP contribution in [-0.4, -0.2) is 30.1 Å². The number of amides is 1. The molecule has 1 amide bonds. The van der Waals surface area contributed by atoms with Crippen LogP contribution in [0.4, 0.5) is 5.69 Å². The number of benzene rings is 1. The van der Waals surface area contributed by atoms with Crippen molar-refractivity contribution in [1.29, 1.82) is 0 Å². The molecular formula is C14H19ClN2O4. The fraction of sp³-hybridized carbons (Fsp3) is 0.500. The Kier molecular flexibility index (Phi) is 6.58. The lowest BCUT2D eigenvalue weighted by molar-refractivity contribution is -0.384. The number of nitrogens with one attached hydrogen (secondary N) is 1. The second-order valence-electron chi connectivity index (χ2n) is 4.91. The Hall–Kier alpha value is -1.66. The first-order chi connectivity index (χ1) is 9.86. The van der Waals surface area contributed by atoms with Crippen LogP contribution in [0.25, 0.3) is 0 Å². The van der Waals surface area contributed by atoms with E-state index in [4.69, 9.17) is 16.3 Å². The molecule has 7 heteroatoms. The topological polar surface area (TPSA) is 81.5 Å². The highest BCUT2D eigenvalue weighted by Crippen LogP contribution is 2.25. The number of nitrogens with zero attached hydrogens (tertiary/aromatic N) is 1. The molecule has 0 spiro atoms. The van der Waals surface area contributed by atoms with Gasteiger partial charge < -0.3 is 10.1 Å². The lowest BCUT2D eigenvalue weighted by Crippen LogP contribution is -2.41. The molecule has 0 saturated heterocycles. The molecule has 0 saturated carbocycles. The summed E-state index contributed by atoms with van der Waals surface area (Å²) in [5.41, 5.74) is -0.0801. The number of nitro benzene ring substituents is 1. The van der Waals surface area contributed by atoms with Crippen LogP contribution in [0.5, 0.6) is 0 Å². The van der Waals surface area contributed by atoms with Crippen molar-refractivity contribution in [2.75, 3.05) is 13.2 Å². The van der Waals surface area contributed by atoms with Crippen molar-refractivity contribution in [3.8, 4) is 0 Å². The summed E-state index contributed by atoms with van der Waals surface area (Å²) in [4.78, 5) is 22.4. The third-order valence-corrected chi connectivity index (χ3v) is 3.35. The molecule has 1 N–H and O–H groups in total. The summed E-state index contributed by atoms with van der Waals surface area (Å²) in [6, 6.07) is 3.83. The van der Waals surface area contributed by atoms with E-state index in [9.17, 15) is 14.9 Å². The smallest absolute Gasteiger partial charge is 0.288 e. The number of hydrogen-bond donors (Lipinski definition) is 1. The molecule has 0 heterocycles. The monoisotopic (exact) mass is 314 g/mol. The predicted octanol–water partition coefficient (Wildman–Crippen LogP) is 3.04. The Morgan fingerprint density at radius 2 is 2.14 bits per heavy atom. The zero-order chi connectivity index (χ0) is 16.0. The Labute approximate surface area is 128 Å². The lowest BCUT2D eigenvalue weighted by Gasteiger charge is -2.22. The molecule has 1 aromatic carbocycles. The molecule has 1 atom stereocenters. The lowest BCUT2D eigenvalue weighted by atomic mass is 10.0. The van der Waals surface area contributed by atoms with E-state index in [1.54, 1.807) is 0 Å². The van der Waals surface area contributed by atoms with Gasteiger partial charge in [-0.1, -0.05) is 25.4 Å². The normalized spacial score (nSPS) is 12.2. The third kappa shape index (κ3) is 4.99. The average molecular weight is 315 g/mol. The maximum Gasteiger partial charge on any atom is 0.288 e. The molecule has 1 rings (SSSR count). The summed E-state index contributed by atoms with van der Waals surface area (Å²) in [5, 5.41) is 13.7. The Balaban J connectivity index is 2.87. The summed E-state index contributed by atoms with van der Waals surface area (Å²) >= 11 is 5.73. The van der Waals surface area contributed by atoms with Crippen LogP contribution in [0.3, 0.4) is 0 Å². The SMILES string of the molecule is CCOCC(NC(=O)c1ccc(Cl)c([N+](=O)[O-])c1)C(C)C. The quantitative estimate of drug-likeness (QED) is 0.619. The van der Waals surface area contributed by atoms with E-state index in [-0.39, 0.29) is 34.1 Å². The molecule has 0 aromatic heterocycles. The zero-order valence-corrected chi connectivity index (χ0v) is 13.0. The van der Waals surface area contributed by atoms with E-state index >= 15 is 0 Å². The van der Waals surface area contributed by atoms with Crippen molar-refractivity contribution in [3.05, 3.63) is 38.9 Å². The molecule has 0 aliphatic rings. The molecule has 0 aliphatic carbocycles. The van der Waals surface area contributed by atoms with Gasteiger partial charge in [0.1, 0.15) is 5.02 Å². The molecule has 0 radical (unpaired) electrons. The fourth-order valence-corrected chi connectivity index (χ4v) is 1.88. The van der Waals surface area contributed by atoms with Gasteiger partial charge in [0.15, 0.2) is 0 Å². The molecule has 1 aromatic rings. The minimum atomic E-state index is -0.612. The molecule has 0 bridgehead atoms. The molecule has 21 heavy (non-hydrogen) atoms. The maximum absolute atomic E-state index is 12.2. The van der Waals surface area contributed by atoms with Crippen molar-refractivity contribution in [2.24, 2.45) is 5.92 Å². The van der Waals surface area contributed by atoms with Crippen LogP contribution in [-0.2, 0) is 4.74 Å². The molecular weight excluding hydrogens is 296 g/mol. The summed E-state index contributed by atoms with van der Waals surface area (Å²) in [6.07, 6.45) is 0. The summed E-state index contributed by atoms with van der Waals surface area (Å²) in [7, 11) is 0. The van der Waals surface area contributed by atoms with E-state index in [1.807, 2.05) is 20.8 Å². The van der Waals surface area contributed by atoms with Crippen LogP contribution < -0.4 is 5.32 Å². The number of rotatable bonds is 7. The second-order valence-corrected chi connectivity index (χ2v) is 5.31. The molecule has 0 aliphatic heterocycles. The van der Waals surface area contributed by atoms with Gasteiger partial charge in [-0.3, -0.25) is 14.9 Å². The van der Waals surface area contributed by atoms with Gasteiger partial charge >= 0.3 is 0 Å². The number of carbonyl (C=O) groups excluding carboxylic acids is 1. The highest BCUT2D eigenvalue weighted by molar-refractivity contribution is 6.32. The van der Waals surface area contributed by atoms with E-state index in [0.29, 0.717) is 13.2 Å². The first-order valence-electron chi connectivity index (χ1n) is 6.69. The molecule has 116 valence electrons. The Morgan fingerprint density at radius 1 is 1.48 bits per heavy atom. The molecule has 0 fully saturated rings. The van der Waals surface area contributed by atoms with E-state index in [1.165, 1.54) is 18.2 Å². The van der Waals surface area contributed by atoms with Crippen molar-refractivity contribution < 1.29 is 14.5 Å². The maximum atomic E-state index is 12.2. The van der Waals surface area contributed by atoms with Gasteiger partial charge in [-0.2, -0.15) is 0 Å². The van der Waals surface area contributed by atoms with Gasteiger partial charge in [0.25, 0.3) is 11.6 Å². The van der Waals surface area contributed by atoms with E-state index in [2.05, 4.69) is 5.32 Å². The van der Waals surface area contributed by atoms with Crippen LogP contribution >= 0.6 is 11.6 Å². The van der Waals surface area contributed by atoms with E-state index < -0.39 is 4.92 Å². The largest absolute Gasteiger partial charge is 0.380 e. The highest BCUT2D eigenvalue weighted by Gasteiger charge is 2.20. The van der Waals surface area contributed by atoms with Gasteiger partial charge in [-0.25, -0.2) is 0 Å². The van der Waals surface area contributed by atoms with Gasteiger partial charge in [0.05, 0.1) is 17.6 Å². The average Bonchev–Trinajstić information content (AvgIpc) is 2.42. The Morgan fingerprint density at radius 3 is 2.67 bits per heavy atom. The van der Waals surface area contributed by atoms with Crippen molar-refractivity contribution in [3.63, 3.8) is 0 Å². The standard InChI is InChI=1S/C14H19ClN2O4/c1-4-21-8-12(9(2)3)16-14(18)10-5-6-11(15)13(7-10)17(19)20/h5-7,9,12H,4,8H2,1-3H3,(H,16,18). The van der Waals surface area contributed by atoms with Gasteiger partial charge in [-0.15, -0.1) is 0 Å². The van der Waals surface area contributed by atoms with Crippen LogP contribution in [0.2, 0.25) is 5.02 Å². The fourth-order valence-electron chi connectivity index (χ4n) is 1.69. The third-order valence-electron chi connectivity index (χ3n) is 3.03. The van der Waals surface area contributed by atoms with Crippen LogP contribution in [0.15, 0.2) is 18.2 Å². The molecule has 1 unspecified atom stereocenters. The minimum Gasteiger partial charge on any atom is -0.380 e. The van der Waals surface area contributed by atoms with Crippen molar-refractivity contribution >= 4 is 23.2 Å². The van der Waals surface area contributed by atoms with Gasteiger partial charge in [0, 0.05) is 18.2 Å². The first-order valence-corrected chi connectivity index (χ1v) is 7.07. The summed E-state index contributed by atoms with van der Waals surface area (Å²) < 4.78 is 5.33. The van der Waals surface area contributed by atoms with Gasteiger partial charge in [0.2, 0.25) is 0 Å². The number of nitro groups is 1. The van der Waals surface area contributed by atoms with Crippen molar-refractivity contribution in [1.82, 2.24) is 5.32 Å². The summed E-state index contributed by atoms with van der Waals surface area (Å²) in [5.74, 6) is -0.198. The summed E-state index contributed by atoms with van der Waals surface area (Å²) in [6.45, 7) is 6.77. The first kappa shape index (κ1) is 17.4. The molecule has 6 nitrogen and oxygen atoms in total. The van der Waals surface area contributed by atoms with Crippen LogP contribution in [0, 0.1) is 16.0 Å². The number of halogens is 1. The van der Waals surface area contributed by atoms with Crippen LogP contribution in [0.1, 0.15) is 31.1 Å². The highest BCUT2D eigenvalue weighted by atomic mass is 35.5. The van der Waals surface area contributed by atoms with E-state index in [0.717, 1.165) is 0 Å². The number of hydrogen-bond acceptors (Lipinski definition) is 4. The Bertz CT molecular complexity index is 520. The second kappa shape index (κ2) is 7.95. The number of ether oxygens (including phenoxy) is 1. The van der Waals surface area contributed by atoms with Crippen molar-refractivity contribution in [2.45, 2.75) is 26.8 Å². The number of carbonyl (C=O) groups is 1. The zero-order valence-electron chi connectivity index (χ0n) is 12.3.